The Morgan fingerprint density at radius 2 is 2.13 bits per heavy atom. The number of oxime groups is 1. The van der Waals surface area contributed by atoms with Gasteiger partial charge in [0.25, 0.3) is 0 Å². The zero-order chi connectivity index (χ0) is 11.1. The first-order valence-electron chi connectivity index (χ1n) is 5.15. The number of benzene rings is 1. The van der Waals surface area contributed by atoms with Crippen LogP contribution < -0.4 is 4.74 Å². The van der Waals surface area contributed by atoms with Crippen LogP contribution in [0.2, 0.25) is 0 Å². The van der Waals surface area contributed by atoms with E-state index in [2.05, 4.69) is 12.1 Å². The molecular weight excluding hydrogens is 190 g/mol. The van der Waals surface area contributed by atoms with Crippen molar-refractivity contribution >= 4 is 5.71 Å². The highest BCUT2D eigenvalue weighted by molar-refractivity contribution is 6.00. The molecule has 3 nitrogen and oxygen atoms in total. The van der Waals surface area contributed by atoms with E-state index < -0.39 is 0 Å². The van der Waals surface area contributed by atoms with Crippen molar-refractivity contribution < 1.29 is 9.57 Å². The van der Waals surface area contributed by atoms with E-state index in [-0.39, 0.29) is 0 Å². The standard InChI is InChI=1S/C12H17NO2/c1-4-12(13-15-5-2)10-7-6-8-11(9-10)14-3/h6-9H,4-5H2,1-3H3/b13-12+. The van der Waals surface area contributed by atoms with Crippen LogP contribution in [0.1, 0.15) is 25.8 Å². The van der Waals surface area contributed by atoms with Crippen LogP contribution in [0, 0.1) is 0 Å². The van der Waals surface area contributed by atoms with E-state index in [4.69, 9.17) is 9.57 Å². The Morgan fingerprint density at radius 1 is 1.33 bits per heavy atom. The summed E-state index contributed by atoms with van der Waals surface area (Å²) in [6.07, 6.45) is 0.840. The molecule has 0 heterocycles. The Morgan fingerprint density at radius 3 is 2.73 bits per heavy atom. The molecule has 82 valence electrons. The van der Waals surface area contributed by atoms with Crippen molar-refractivity contribution in [2.24, 2.45) is 5.16 Å². The molecular formula is C12H17NO2. The Hall–Kier alpha value is -1.51. The number of nitrogens with zero attached hydrogens (tertiary/aromatic N) is 1. The molecule has 0 atom stereocenters. The molecule has 0 radical (unpaired) electrons. The summed E-state index contributed by atoms with van der Waals surface area (Å²) in [7, 11) is 1.66. The van der Waals surface area contributed by atoms with Crippen molar-refractivity contribution in [2.45, 2.75) is 20.3 Å². The zero-order valence-electron chi connectivity index (χ0n) is 9.49. The van der Waals surface area contributed by atoms with Gasteiger partial charge in [-0.25, -0.2) is 0 Å². The molecule has 0 saturated heterocycles. The van der Waals surface area contributed by atoms with Crippen molar-refractivity contribution in [1.29, 1.82) is 0 Å². The summed E-state index contributed by atoms with van der Waals surface area (Å²) in [4.78, 5) is 5.06. The van der Waals surface area contributed by atoms with Gasteiger partial charge in [0.05, 0.1) is 12.8 Å². The van der Waals surface area contributed by atoms with Gasteiger partial charge in [0.2, 0.25) is 0 Å². The highest BCUT2D eigenvalue weighted by atomic mass is 16.6. The summed E-state index contributed by atoms with van der Waals surface area (Å²) in [5.74, 6) is 0.838. The van der Waals surface area contributed by atoms with E-state index in [0.29, 0.717) is 6.61 Å². The van der Waals surface area contributed by atoms with Gasteiger partial charge in [0, 0.05) is 5.56 Å². The van der Waals surface area contributed by atoms with Gasteiger partial charge < -0.3 is 9.57 Å². The zero-order valence-corrected chi connectivity index (χ0v) is 9.49. The van der Waals surface area contributed by atoms with Crippen molar-refractivity contribution in [2.75, 3.05) is 13.7 Å². The molecule has 0 N–H and O–H groups in total. The van der Waals surface area contributed by atoms with Crippen molar-refractivity contribution in [3.63, 3.8) is 0 Å². The van der Waals surface area contributed by atoms with Crippen LogP contribution in [0.25, 0.3) is 0 Å². The van der Waals surface area contributed by atoms with Gasteiger partial charge in [-0.3, -0.25) is 0 Å². The summed E-state index contributed by atoms with van der Waals surface area (Å²) in [5, 5.41) is 4.07. The molecule has 0 spiro atoms. The predicted octanol–water partition coefficient (Wildman–Crippen LogP) is 2.85. The van der Waals surface area contributed by atoms with Gasteiger partial charge in [-0.15, -0.1) is 0 Å². The molecule has 0 aliphatic carbocycles. The first-order chi connectivity index (χ1) is 7.31. The van der Waals surface area contributed by atoms with Crippen molar-refractivity contribution in [3.05, 3.63) is 29.8 Å². The molecule has 15 heavy (non-hydrogen) atoms. The third-order valence-electron chi connectivity index (χ3n) is 2.04. The van der Waals surface area contributed by atoms with Crippen LogP contribution in [-0.4, -0.2) is 19.4 Å². The third kappa shape index (κ3) is 3.27. The van der Waals surface area contributed by atoms with Gasteiger partial charge >= 0.3 is 0 Å². The topological polar surface area (TPSA) is 30.8 Å². The number of rotatable bonds is 5. The monoisotopic (exact) mass is 207 g/mol. The highest BCUT2D eigenvalue weighted by Gasteiger charge is 2.03. The number of hydrogen-bond acceptors (Lipinski definition) is 3. The second-order valence-electron chi connectivity index (χ2n) is 3.04. The van der Waals surface area contributed by atoms with Gasteiger partial charge in [0.1, 0.15) is 12.4 Å². The van der Waals surface area contributed by atoms with Crippen LogP contribution in [0.3, 0.4) is 0 Å². The molecule has 1 aromatic rings. The number of hydrogen-bond donors (Lipinski definition) is 0. The van der Waals surface area contributed by atoms with E-state index in [9.17, 15) is 0 Å². The van der Waals surface area contributed by atoms with Crippen molar-refractivity contribution in [1.82, 2.24) is 0 Å². The largest absolute Gasteiger partial charge is 0.497 e. The second kappa shape index (κ2) is 6.06. The maximum atomic E-state index is 5.16. The Labute approximate surface area is 90.7 Å². The minimum Gasteiger partial charge on any atom is -0.497 e. The lowest BCUT2D eigenvalue weighted by molar-refractivity contribution is 0.158. The fourth-order valence-corrected chi connectivity index (χ4v) is 1.27. The van der Waals surface area contributed by atoms with E-state index in [1.165, 1.54) is 0 Å². The molecule has 0 fully saturated rings. The molecule has 3 heteroatoms. The molecule has 0 unspecified atom stereocenters. The van der Waals surface area contributed by atoms with Crippen LogP contribution >= 0.6 is 0 Å². The summed E-state index contributed by atoms with van der Waals surface area (Å²) in [6.45, 7) is 4.56. The first kappa shape index (κ1) is 11.6. The van der Waals surface area contributed by atoms with Gasteiger partial charge in [0.15, 0.2) is 0 Å². The maximum absolute atomic E-state index is 5.16. The average Bonchev–Trinajstić information content (AvgIpc) is 2.30. The molecule has 0 aliphatic rings. The Balaban J connectivity index is 2.91. The maximum Gasteiger partial charge on any atom is 0.119 e. The fraction of sp³-hybridized carbons (Fsp3) is 0.417. The summed E-state index contributed by atoms with van der Waals surface area (Å²) >= 11 is 0. The third-order valence-corrected chi connectivity index (χ3v) is 2.04. The average molecular weight is 207 g/mol. The van der Waals surface area contributed by atoms with E-state index in [1.54, 1.807) is 7.11 Å². The minimum atomic E-state index is 0.591. The van der Waals surface area contributed by atoms with E-state index >= 15 is 0 Å². The SMILES string of the molecule is CCO/N=C(\CC)c1cccc(OC)c1. The van der Waals surface area contributed by atoms with Crippen molar-refractivity contribution in [3.8, 4) is 5.75 Å². The minimum absolute atomic E-state index is 0.591. The summed E-state index contributed by atoms with van der Waals surface area (Å²) in [6, 6.07) is 7.83. The Kier molecular flexibility index (Phi) is 4.68. The van der Waals surface area contributed by atoms with E-state index in [1.807, 2.05) is 31.2 Å². The van der Waals surface area contributed by atoms with Crippen LogP contribution in [0.15, 0.2) is 29.4 Å². The second-order valence-corrected chi connectivity index (χ2v) is 3.04. The van der Waals surface area contributed by atoms with E-state index in [0.717, 1.165) is 23.4 Å². The van der Waals surface area contributed by atoms with Crippen LogP contribution in [0.5, 0.6) is 5.75 Å². The summed E-state index contributed by atoms with van der Waals surface area (Å²) in [5.41, 5.74) is 1.99. The van der Waals surface area contributed by atoms with Gasteiger partial charge in [-0.2, -0.15) is 0 Å². The highest BCUT2D eigenvalue weighted by Crippen LogP contribution is 2.14. The fourth-order valence-electron chi connectivity index (χ4n) is 1.27. The number of ether oxygens (including phenoxy) is 1. The normalized spacial score (nSPS) is 11.3. The van der Waals surface area contributed by atoms with Gasteiger partial charge in [-0.1, -0.05) is 24.2 Å². The lowest BCUT2D eigenvalue weighted by Crippen LogP contribution is -2.00. The lowest BCUT2D eigenvalue weighted by Gasteiger charge is -2.05. The molecule has 0 bridgehead atoms. The Bertz CT molecular complexity index is 334. The molecule has 0 aliphatic heterocycles. The van der Waals surface area contributed by atoms with Gasteiger partial charge in [-0.05, 0) is 25.5 Å². The summed E-state index contributed by atoms with van der Waals surface area (Å²) < 4.78 is 5.16. The predicted molar refractivity (Wildman–Crippen MR) is 61.4 cm³/mol. The quantitative estimate of drug-likeness (QED) is 0.549. The molecule has 0 aromatic heterocycles. The molecule has 1 aromatic carbocycles. The molecule has 1 rings (SSSR count). The molecule has 0 amide bonds. The molecule has 0 saturated carbocycles. The number of methoxy groups -OCH3 is 1. The lowest BCUT2D eigenvalue weighted by atomic mass is 10.1. The first-order valence-corrected chi connectivity index (χ1v) is 5.15. The van der Waals surface area contributed by atoms with Crippen LogP contribution in [-0.2, 0) is 4.84 Å². The smallest absolute Gasteiger partial charge is 0.119 e. The van der Waals surface area contributed by atoms with Crippen LogP contribution in [0.4, 0.5) is 0 Å².